The highest BCUT2D eigenvalue weighted by Crippen LogP contribution is 2.76. The van der Waals surface area contributed by atoms with Crippen molar-refractivity contribution in [1.82, 2.24) is 0 Å². The smallest absolute Gasteiger partial charge is 0.335 e. The Morgan fingerprint density at radius 3 is 2.04 bits per heavy atom. The quantitative estimate of drug-likeness (QED) is 0.0551. The highest BCUT2D eigenvalue weighted by molar-refractivity contribution is 5.87. The molecule has 0 amide bonds. The van der Waals surface area contributed by atoms with Crippen molar-refractivity contribution < 1.29 is 104 Å². The Morgan fingerprint density at radius 2 is 1.41 bits per heavy atom. The average Bonchev–Trinajstić information content (AvgIpc) is 3.32. The molecule has 25 unspecified atom stereocenters. The highest BCUT2D eigenvalue weighted by Gasteiger charge is 2.73. The van der Waals surface area contributed by atoms with Gasteiger partial charge in [-0.3, -0.25) is 0 Å². The number of aliphatic hydroxyl groups excluding tert-OH is 11. The topological polar surface area (TPSA) is 342 Å². The zero-order chi connectivity index (χ0) is 53.9. The SMILES string of the molecule is CC=C(C)C(=O)OC1C(O)C(C)(C)CC2C3=CCC4C5(C)CCC(OC6OC(C(=O)O)C(O)C(OC7OCC(O)C(O)C7O)C6OC6OC(CO)C(O)C(O)C6O)C(C)(C)C5CCC4(C)C3(C)CC(O)C21CO. The standard InChI is InChI=1S/C52H82O21/c1-10-22(2)43(66)73-41-40(63)47(3,4)17-24-23-11-12-28-49(7)15-14-30(48(5,6)27(49)13-16-50(28,8)51(23,9)18-29(56)52(24,41)21-54)69-46-39(72-45-35(61)33(59)32(58)26(19-53)68-45)37(36(62)38(71-46)42(64)65)70-44-34(60)31(57)25(55)20-67-44/h10-11,24-41,44-46,53-63H,12-21H2,1-9H3,(H,64,65). The number of esters is 1. The minimum atomic E-state index is -2.09. The van der Waals surface area contributed by atoms with Gasteiger partial charge in [-0.1, -0.05) is 66.2 Å². The molecule has 4 saturated carbocycles. The molecular weight excluding hydrogens is 961 g/mol. The maximum atomic E-state index is 13.4. The first-order valence-electron chi connectivity index (χ1n) is 26.0. The molecule has 0 aromatic carbocycles. The molecule has 3 heterocycles. The number of ether oxygens (including phenoxy) is 7. The summed E-state index contributed by atoms with van der Waals surface area (Å²) in [6, 6.07) is 0. The summed E-state index contributed by atoms with van der Waals surface area (Å²) in [5.74, 6) is -2.66. The molecule has 0 radical (unpaired) electrons. The molecule has 25 atom stereocenters. The van der Waals surface area contributed by atoms with Gasteiger partial charge in [-0.05, 0) is 104 Å². The number of aliphatic hydroxyl groups is 11. The molecule has 0 spiro atoms. The predicted octanol–water partition coefficient (Wildman–Crippen LogP) is -0.225. The van der Waals surface area contributed by atoms with Crippen molar-refractivity contribution in [3.05, 3.63) is 23.3 Å². The molecule has 12 N–H and O–H groups in total. The molecule has 0 bridgehead atoms. The molecule has 21 nitrogen and oxygen atoms in total. The fraction of sp³-hybridized carbons (Fsp3) is 0.885. The van der Waals surface area contributed by atoms with E-state index in [0.29, 0.717) is 44.1 Å². The van der Waals surface area contributed by atoms with E-state index >= 15 is 0 Å². The van der Waals surface area contributed by atoms with Crippen LogP contribution in [0.4, 0.5) is 0 Å². The van der Waals surface area contributed by atoms with Gasteiger partial charge in [-0.2, -0.15) is 0 Å². The van der Waals surface area contributed by atoms with Crippen molar-refractivity contribution >= 4 is 11.9 Å². The third-order valence-corrected chi connectivity index (χ3v) is 20.3. The average molecular weight is 1040 g/mol. The molecule has 416 valence electrons. The lowest BCUT2D eigenvalue weighted by molar-refractivity contribution is -0.392. The van der Waals surface area contributed by atoms with Crippen molar-refractivity contribution in [1.29, 1.82) is 0 Å². The van der Waals surface area contributed by atoms with Gasteiger partial charge in [-0.15, -0.1) is 0 Å². The second-order valence-corrected chi connectivity index (χ2v) is 24.7. The van der Waals surface area contributed by atoms with Crippen LogP contribution in [0.15, 0.2) is 23.3 Å². The van der Waals surface area contributed by atoms with Crippen LogP contribution in [0.5, 0.6) is 0 Å². The van der Waals surface area contributed by atoms with Gasteiger partial charge in [-0.25, -0.2) is 9.59 Å². The van der Waals surface area contributed by atoms with E-state index in [1.54, 1.807) is 19.9 Å². The molecule has 3 aliphatic heterocycles. The van der Waals surface area contributed by atoms with E-state index in [-0.39, 0.29) is 23.7 Å². The number of carbonyl (C=O) groups excluding carboxylic acids is 1. The van der Waals surface area contributed by atoms with E-state index in [1.807, 2.05) is 13.8 Å². The molecule has 8 aliphatic rings. The van der Waals surface area contributed by atoms with Crippen LogP contribution < -0.4 is 0 Å². The summed E-state index contributed by atoms with van der Waals surface area (Å²) in [5.41, 5.74) is -2.73. The summed E-state index contributed by atoms with van der Waals surface area (Å²) in [7, 11) is 0. The van der Waals surface area contributed by atoms with E-state index in [1.165, 1.54) is 0 Å². The molecule has 7 fully saturated rings. The highest BCUT2D eigenvalue weighted by atomic mass is 16.8. The van der Waals surface area contributed by atoms with E-state index < -0.39 is 175 Å². The van der Waals surface area contributed by atoms with Gasteiger partial charge >= 0.3 is 11.9 Å². The zero-order valence-electron chi connectivity index (χ0n) is 43.4. The summed E-state index contributed by atoms with van der Waals surface area (Å²) in [6.45, 7) is 16.3. The Bertz CT molecular complexity index is 2100. The Labute approximate surface area is 426 Å². The number of hydrogen-bond acceptors (Lipinski definition) is 20. The van der Waals surface area contributed by atoms with Gasteiger partial charge in [0, 0.05) is 5.57 Å². The fourth-order valence-corrected chi connectivity index (χ4v) is 15.6. The Morgan fingerprint density at radius 1 is 0.753 bits per heavy atom. The number of rotatable bonds is 11. The number of carbonyl (C=O) groups is 2. The lowest BCUT2D eigenvalue weighted by Crippen LogP contribution is -2.72. The number of carboxylic acids is 1. The third kappa shape index (κ3) is 8.89. The lowest BCUT2D eigenvalue weighted by atomic mass is 9.33. The van der Waals surface area contributed by atoms with Gasteiger partial charge in [0.1, 0.15) is 67.1 Å². The Hall–Kier alpha value is -2.26. The molecule has 3 saturated heterocycles. The molecule has 8 rings (SSSR count). The summed E-state index contributed by atoms with van der Waals surface area (Å²) in [4.78, 5) is 26.2. The van der Waals surface area contributed by atoms with Gasteiger partial charge < -0.3 is 94.4 Å². The largest absolute Gasteiger partial charge is 0.479 e. The predicted molar refractivity (Wildman–Crippen MR) is 252 cm³/mol. The molecule has 21 heteroatoms. The van der Waals surface area contributed by atoms with Crippen LogP contribution in [-0.2, 0) is 42.7 Å². The van der Waals surface area contributed by atoms with Crippen molar-refractivity contribution in [3.8, 4) is 0 Å². The van der Waals surface area contributed by atoms with E-state index in [2.05, 4.69) is 40.7 Å². The number of allylic oxidation sites excluding steroid dienone is 3. The summed E-state index contributed by atoms with van der Waals surface area (Å²) < 4.78 is 42.5. The normalized spacial score (nSPS) is 51.6. The first kappa shape index (κ1) is 56.9. The number of aliphatic carboxylic acids is 1. The summed E-state index contributed by atoms with van der Waals surface area (Å²) in [6.07, 6.45) is -21.9. The minimum Gasteiger partial charge on any atom is -0.479 e. The fourth-order valence-electron chi connectivity index (χ4n) is 15.6. The number of fused-ring (bicyclic) bond motifs is 7. The van der Waals surface area contributed by atoms with Crippen LogP contribution in [0.3, 0.4) is 0 Å². The molecule has 0 aromatic rings. The second-order valence-electron chi connectivity index (χ2n) is 24.7. The molecule has 5 aliphatic carbocycles. The third-order valence-electron chi connectivity index (χ3n) is 20.3. The van der Waals surface area contributed by atoms with Crippen molar-refractivity contribution in [2.45, 2.75) is 218 Å². The zero-order valence-corrected chi connectivity index (χ0v) is 43.4. The lowest BCUT2D eigenvalue weighted by Gasteiger charge is -2.72. The number of carboxylic acid groups (broad SMARTS) is 1. The molecular formula is C52H82O21. The van der Waals surface area contributed by atoms with Gasteiger partial charge in [0.05, 0.1) is 43.5 Å². The van der Waals surface area contributed by atoms with Crippen molar-refractivity contribution in [3.63, 3.8) is 0 Å². The molecule has 73 heavy (non-hydrogen) atoms. The number of hydrogen-bond donors (Lipinski definition) is 12. The molecule has 0 aromatic heterocycles. The van der Waals surface area contributed by atoms with E-state index in [4.69, 9.17) is 33.2 Å². The van der Waals surface area contributed by atoms with Crippen molar-refractivity contribution in [2.75, 3.05) is 19.8 Å². The summed E-state index contributed by atoms with van der Waals surface area (Å²) >= 11 is 0. The maximum absolute atomic E-state index is 13.4. The van der Waals surface area contributed by atoms with Gasteiger partial charge in [0.2, 0.25) is 0 Å². The van der Waals surface area contributed by atoms with Crippen LogP contribution >= 0.6 is 0 Å². The van der Waals surface area contributed by atoms with E-state index in [9.17, 15) is 70.9 Å². The second kappa shape index (κ2) is 20.2. The monoisotopic (exact) mass is 1040 g/mol. The van der Waals surface area contributed by atoms with E-state index in [0.717, 1.165) is 5.57 Å². The van der Waals surface area contributed by atoms with Gasteiger partial charge in [0.15, 0.2) is 25.0 Å². The Kier molecular flexibility index (Phi) is 15.7. The van der Waals surface area contributed by atoms with Crippen LogP contribution in [0, 0.1) is 50.2 Å². The summed E-state index contributed by atoms with van der Waals surface area (Å²) in [5, 5.41) is 132. The van der Waals surface area contributed by atoms with Crippen LogP contribution in [0.1, 0.15) is 107 Å². The minimum absolute atomic E-state index is 0.0390. The first-order valence-corrected chi connectivity index (χ1v) is 26.0. The first-order chi connectivity index (χ1) is 34.0. The van der Waals surface area contributed by atoms with Crippen LogP contribution in [-0.4, -0.2) is 203 Å². The van der Waals surface area contributed by atoms with Gasteiger partial charge in [0.25, 0.3) is 0 Å². The van der Waals surface area contributed by atoms with Crippen LogP contribution in [0.25, 0.3) is 0 Å². The van der Waals surface area contributed by atoms with Crippen LogP contribution in [0.2, 0.25) is 0 Å². The Balaban J connectivity index is 1.11. The maximum Gasteiger partial charge on any atom is 0.335 e. The van der Waals surface area contributed by atoms with Crippen molar-refractivity contribution in [2.24, 2.45) is 50.2 Å².